The molecule has 1 aliphatic rings. The molecule has 4 heteroatoms. The van der Waals surface area contributed by atoms with Crippen molar-refractivity contribution in [2.24, 2.45) is 10.4 Å². The lowest BCUT2D eigenvalue weighted by atomic mass is 9.71. The Balaban J connectivity index is 1.92. The zero-order valence-electron chi connectivity index (χ0n) is 20.4. The highest BCUT2D eigenvalue weighted by atomic mass is 32.1. The summed E-state index contributed by atoms with van der Waals surface area (Å²) >= 11 is 9.09. The predicted molar refractivity (Wildman–Crippen MR) is 151 cm³/mol. The van der Waals surface area contributed by atoms with Crippen molar-refractivity contribution < 1.29 is 4.79 Å². The first kappa shape index (κ1) is 26.1. The third-order valence-corrected chi connectivity index (χ3v) is 6.57. The van der Waals surface area contributed by atoms with Crippen molar-refractivity contribution in [3.63, 3.8) is 0 Å². The lowest BCUT2D eigenvalue weighted by Crippen LogP contribution is -2.29. The van der Waals surface area contributed by atoms with E-state index in [-0.39, 0.29) is 16.1 Å². The minimum atomic E-state index is -0.323. The topological polar surface area (TPSA) is 29.4 Å². The summed E-state index contributed by atoms with van der Waals surface area (Å²) in [6.45, 7) is 9.01. The zero-order chi connectivity index (χ0) is 24.8. The van der Waals surface area contributed by atoms with Crippen LogP contribution in [0.1, 0.15) is 56.7 Å². The fraction of sp³-hybridized carbons (Fsp3) is 0.333. The Morgan fingerprint density at radius 1 is 1.06 bits per heavy atom. The van der Waals surface area contributed by atoms with Crippen LogP contribution in [0.4, 0.5) is 0 Å². The molecule has 0 spiro atoms. The number of amides is 1. The minimum Gasteiger partial charge on any atom is -0.266 e. The number of hydrogen-bond acceptors (Lipinski definition) is 3. The van der Waals surface area contributed by atoms with Gasteiger partial charge in [0.25, 0.3) is 5.91 Å². The van der Waals surface area contributed by atoms with Crippen molar-refractivity contribution >= 4 is 43.0 Å². The molecule has 1 aliphatic carbocycles. The van der Waals surface area contributed by atoms with Crippen LogP contribution in [0.25, 0.3) is 5.57 Å². The zero-order valence-corrected chi connectivity index (χ0v) is 22.2. The molecule has 2 aromatic rings. The van der Waals surface area contributed by atoms with Crippen molar-refractivity contribution in [3.8, 4) is 0 Å². The first-order chi connectivity index (χ1) is 16.1. The molecule has 2 nitrogen and oxygen atoms in total. The number of nitrogens with zero attached hydrogens (tertiary/aromatic N) is 1. The maximum Gasteiger partial charge on any atom is 0.285 e. The summed E-state index contributed by atoms with van der Waals surface area (Å²) in [5.74, 6) is 0.384. The van der Waals surface area contributed by atoms with Gasteiger partial charge in [-0.3, -0.25) is 4.79 Å². The second-order valence-electron chi connectivity index (χ2n) is 10.0. The second kappa shape index (κ2) is 11.3. The van der Waals surface area contributed by atoms with Crippen LogP contribution in [-0.4, -0.2) is 22.6 Å². The number of carbonyl (C=O) groups excluding carboxylic acids is 1. The Hall–Kier alpha value is -2.48. The molecule has 1 atom stereocenters. The van der Waals surface area contributed by atoms with Crippen LogP contribution in [0.15, 0.2) is 88.8 Å². The molecule has 1 amide bonds. The third kappa shape index (κ3) is 6.78. The Morgan fingerprint density at radius 3 is 2.41 bits per heavy atom. The molecule has 176 valence electrons. The molecule has 0 aromatic heterocycles. The highest BCUT2D eigenvalue weighted by Crippen LogP contribution is 2.43. The minimum absolute atomic E-state index is 0.00438. The van der Waals surface area contributed by atoms with Crippen molar-refractivity contribution in [3.05, 3.63) is 100 Å². The highest BCUT2D eigenvalue weighted by molar-refractivity contribution is 7.81. The van der Waals surface area contributed by atoms with Gasteiger partial charge in [0.05, 0.1) is 5.57 Å². The second-order valence-corrected chi connectivity index (χ2v) is 11.5. The van der Waals surface area contributed by atoms with E-state index < -0.39 is 0 Å². The average Bonchev–Trinajstić information content (AvgIpc) is 2.81. The first-order valence-corrected chi connectivity index (χ1v) is 12.7. The van der Waals surface area contributed by atoms with Gasteiger partial charge in [0.1, 0.15) is 0 Å². The molecule has 3 rings (SSSR count). The van der Waals surface area contributed by atoms with Crippen LogP contribution in [-0.2, 0) is 11.2 Å². The molecule has 0 heterocycles. The van der Waals surface area contributed by atoms with E-state index in [4.69, 9.17) is 12.6 Å². The van der Waals surface area contributed by atoms with Crippen molar-refractivity contribution in [1.29, 1.82) is 0 Å². The van der Waals surface area contributed by atoms with Crippen LogP contribution < -0.4 is 0 Å². The molecule has 0 bridgehead atoms. The molecule has 1 unspecified atom stereocenters. The van der Waals surface area contributed by atoms with Crippen molar-refractivity contribution in [2.45, 2.75) is 51.2 Å². The molecule has 0 N–H and O–H groups in total. The predicted octanol–water partition coefficient (Wildman–Crippen LogP) is 7.30. The van der Waals surface area contributed by atoms with E-state index in [9.17, 15) is 4.79 Å². The Labute approximate surface area is 215 Å². The summed E-state index contributed by atoms with van der Waals surface area (Å²) in [5.41, 5.74) is 10.7. The van der Waals surface area contributed by atoms with E-state index in [0.29, 0.717) is 17.2 Å². The Bertz CT molecular complexity index is 1190. The normalized spacial score (nSPS) is 14.8. The lowest BCUT2D eigenvalue weighted by molar-refractivity contribution is -0.113. The van der Waals surface area contributed by atoms with Crippen LogP contribution in [0, 0.1) is 5.41 Å². The lowest BCUT2D eigenvalue weighted by Gasteiger charge is -2.37. The fourth-order valence-corrected chi connectivity index (χ4v) is 4.83. The number of rotatable bonds is 9. The molecule has 0 fully saturated rings. The SMILES string of the molecule is CC(C)(Cc1ccccc1C1=CC=C=C=C1C(=O)N=CCS)CC(c1ccccc1)C(C)(C)S. The third-order valence-electron chi connectivity index (χ3n) is 6.09. The van der Waals surface area contributed by atoms with Gasteiger partial charge < -0.3 is 0 Å². The number of benzene rings is 2. The van der Waals surface area contributed by atoms with Gasteiger partial charge in [-0.05, 0) is 53.0 Å². The number of allylic oxidation sites excluding steroid dienone is 2. The van der Waals surface area contributed by atoms with E-state index in [1.54, 1.807) is 6.08 Å². The van der Waals surface area contributed by atoms with Gasteiger partial charge >= 0.3 is 0 Å². The van der Waals surface area contributed by atoms with E-state index in [0.717, 1.165) is 24.0 Å². The molecule has 0 radical (unpaired) electrons. The summed E-state index contributed by atoms with van der Waals surface area (Å²) < 4.78 is -0.160. The monoisotopic (exact) mass is 487 g/mol. The van der Waals surface area contributed by atoms with Gasteiger partial charge in [0.15, 0.2) is 0 Å². The number of hydrogen-bond donors (Lipinski definition) is 2. The summed E-state index contributed by atoms with van der Waals surface area (Å²) in [6, 6.07) is 19.0. The molecule has 2 aromatic carbocycles. The average molecular weight is 488 g/mol. The van der Waals surface area contributed by atoms with Gasteiger partial charge in [-0.15, -0.1) is 0 Å². The Kier molecular flexibility index (Phi) is 8.68. The summed E-state index contributed by atoms with van der Waals surface area (Å²) in [7, 11) is 0. The summed E-state index contributed by atoms with van der Waals surface area (Å²) in [4.78, 5) is 16.7. The van der Waals surface area contributed by atoms with Crippen LogP contribution in [0.2, 0.25) is 0 Å². The van der Waals surface area contributed by atoms with Gasteiger partial charge in [-0.1, -0.05) is 93.8 Å². The standard InChI is InChI=1S/C30H33NOS2/c1-29(2,21-27(30(3,4)34)22-12-6-5-7-13-22)20-23-14-8-9-15-24(23)25-16-10-11-17-26(25)28(32)31-18-19-33/h5-10,12-16,18,27,33-34H,19-21H2,1-4H3. The largest absolute Gasteiger partial charge is 0.285 e. The molecular formula is C30H33NOS2. The Morgan fingerprint density at radius 2 is 1.74 bits per heavy atom. The summed E-state index contributed by atoms with van der Waals surface area (Å²) in [6.07, 6.45) is 7.08. The van der Waals surface area contributed by atoms with E-state index in [1.807, 2.05) is 12.1 Å². The summed E-state index contributed by atoms with van der Waals surface area (Å²) in [5, 5.41) is 0. The quantitative estimate of drug-likeness (QED) is 0.217. The van der Waals surface area contributed by atoms with Crippen molar-refractivity contribution in [2.75, 3.05) is 5.75 Å². The van der Waals surface area contributed by atoms with Gasteiger partial charge in [0, 0.05) is 22.3 Å². The molecule has 34 heavy (non-hydrogen) atoms. The van der Waals surface area contributed by atoms with Crippen LogP contribution >= 0.6 is 25.3 Å². The number of carbonyl (C=O) groups is 1. The fourth-order valence-electron chi connectivity index (χ4n) is 4.51. The maximum absolute atomic E-state index is 12.7. The van der Waals surface area contributed by atoms with E-state index in [1.165, 1.54) is 17.3 Å². The van der Waals surface area contributed by atoms with E-state index in [2.05, 4.69) is 105 Å². The van der Waals surface area contributed by atoms with Gasteiger partial charge in [-0.2, -0.15) is 25.3 Å². The van der Waals surface area contributed by atoms with E-state index >= 15 is 0 Å². The van der Waals surface area contributed by atoms with Gasteiger partial charge in [0.2, 0.25) is 0 Å². The highest BCUT2D eigenvalue weighted by Gasteiger charge is 2.33. The van der Waals surface area contributed by atoms with Crippen LogP contribution in [0.3, 0.4) is 0 Å². The smallest absolute Gasteiger partial charge is 0.266 e. The molecule has 0 saturated carbocycles. The first-order valence-electron chi connectivity index (χ1n) is 11.6. The molecule has 0 aliphatic heterocycles. The van der Waals surface area contributed by atoms with Crippen LogP contribution in [0.5, 0.6) is 0 Å². The number of aliphatic imine (C=N–C) groups is 1. The van der Waals surface area contributed by atoms with Crippen molar-refractivity contribution in [1.82, 2.24) is 0 Å². The molecular weight excluding hydrogens is 454 g/mol. The maximum atomic E-state index is 12.7. The van der Waals surface area contributed by atoms with Gasteiger partial charge in [-0.25, -0.2) is 4.99 Å². The molecule has 0 saturated heterocycles. The number of thiol groups is 2.